The number of nitrogens with one attached hydrogen (secondary N) is 1. The number of carbonyl (C=O) groups is 1. The van der Waals surface area contributed by atoms with Gasteiger partial charge in [-0.3, -0.25) is 4.79 Å². The molecular weight excluding hydrogens is 214 g/mol. The van der Waals surface area contributed by atoms with E-state index < -0.39 is 0 Å². The smallest absolute Gasteiger partial charge is 0.320 e. The van der Waals surface area contributed by atoms with Gasteiger partial charge in [-0.15, -0.1) is 6.58 Å². The van der Waals surface area contributed by atoms with E-state index in [0.717, 1.165) is 24.9 Å². The topological polar surface area (TPSA) is 38.3 Å². The fraction of sp³-hybridized carbons (Fsp3) is 0.357. The molecule has 0 fully saturated rings. The maximum Gasteiger partial charge on any atom is 0.320 e. The van der Waals surface area contributed by atoms with E-state index in [1.807, 2.05) is 36.4 Å². The first kappa shape index (κ1) is 13.5. The molecule has 0 atom stereocenters. The van der Waals surface area contributed by atoms with E-state index in [-0.39, 0.29) is 12.5 Å². The molecule has 1 aromatic rings. The summed E-state index contributed by atoms with van der Waals surface area (Å²) < 4.78 is 5.11. The third-order valence-corrected chi connectivity index (χ3v) is 2.27. The van der Waals surface area contributed by atoms with Crippen LogP contribution in [0.5, 0.6) is 0 Å². The molecule has 0 spiro atoms. The van der Waals surface area contributed by atoms with Crippen LogP contribution in [0.15, 0.2) is 43.0 Å². The lowest BCUT2D eigenvalue weighted by Gasteiger charge is -2.05. The van der Waals surface area contributed by atoms with E-state index in [9.17, 15) is 4.79 Å². The predicted molar refractivity (Wildman–Crippen MR) is 68.5 cm³/mol. The van der Waals surface area contributed by atoms with E-state index >= 15 is 0 Å². The summed E-state index contributed by atoms with van der Waals surface area (Å²) in [7, 11) is 0. The number of carbonyl (C=O) groups excluding carboxylic acids is 1. The van der Waals surface area contributed by atoms with Crippen LogP contribution in [0.1, 0.15) is 18.4 Å². The molecule has 1 rings (SSSR count). The van der Waals surface area contributed by atoms with Crippen molar-refractivity contribution >= 4 is 5.97 Å². The van der Waals surface area contributed by atoms with Crippen molar-refractivity contribution in [3.05, 3.63) is 48.6 Å². The van der Waals surface area contributed by atoms with Crippen molar-refractivity contribution < 1.29 is 9.53 Å². The van der Waals surface area contributed by atoms with Crippen LogP contribution in [0.25, 0.3) is 0 Å². The second kappa shape index (κ2) is 8.53. The third kappa shape index (κ3) is 6.53. The van der Waals surface area contributed by atoms with Crippen LogP contribution in [-0.4, -0.2) is 19.1 Å². The number of hydrogen-bond donors (Lipinski definition) is 1. The Morgan fingerprint density at radius 1 is 1.35 bits per heavy atom. The van der Waals surface area contributed by atoms with Gasteiger partial charge in [-0.2, -0.15) is 0 Å². The summed E-state index contributed by atoms with van der Waals surface area (Å²) in [5, 5.41) is 3.03. The minimum atomic E-state index is -0.215. The van der Waals surface area contributed by atoms with Crippen molar-refractivity contribution in [2.24, 2.45) is 0 Å². The van der Waals surface area contributed by atoms with Crippen molar-refractivity contribution in [2.45, 2.75) is 19.4 Å². The Morgan fingerprint density at radius 3 is 2.82 bits per heavy atom. The van der Waals surface area contributed by atoms with Crippen LogP contribution in [0.4, 0.5) is 0 Å². The average Bonchev–Trinajstić information content (AvgIpc) is 2.37. The van der Waals surface area contributed by atoms with Crippen molar-refractivity contribution in [3.63, 3.8) is 0 Å². The summed E-state index contributed by atoms with van der Waals surface area (Å²) in [6, 6.07) is 9.66. The molecule has 0 radical (unpaired) electrons. The van der Waals surface area contributed by atoms with Gasteiger partial charge < -0.3 is 10.1 Å². The van der Waals surface area contributed by atoms with E-state index in [0.29, 0.717) is 6.61 Å². The fourth-order valence-corrected chi connectivity index (χ4v) is 1.35. The molecule has 0 amide bonds. The zero-order valence-electron chi connectivity index (χ0n) is 10.0. The quantitative estimate of drug-likeness (QED) is 0.425. The minimum absolute atomic E-state index is 0.215. The Bertz CT molecular complexity index is 335. The normalized spacial score (nSPS) is 9.88. The zero-order chi connectivity index (χ0) is 12.3. The summed E-state index contributed by atoms with van der Waals surface area (Å²) >= 11 is 0. The summed E-state index contributed by atoms with van der Waals surface area (Å²) in [5.74, 6) is -0.215. The minimum Gasteiger partial charge on any atom is -0.460 e. The molecule has 1 N–H and O–H groups in total. The molecule has 1 aromatic carbocycles. The van der Waals surface area contributed by atoms with Gasteiger partial charge >= 0.3 is 5.97 Å². The lowest BCUT2D eigenvalue weighted by molar-refractivity contribution is -0.143. The molecule has 0 bridgehead atoms. The van der Waals surface area contributed by atoms with Crippen LogP contribution in [0.2, 0.25) is 0 Å². The van der Waals surface area contributed by atoms with Gasteiger partial charge in [-0.25, -0.2) is 0 Å². The third-order valence-electron chi connectivity index (χ3n) is 2.27. The number of hydrogen-bond acceptors (Lipinski definition) is 3. The summed E-state index contributed by atoms with van der Waals surface area (Å²) in [4.78, 5) is 11.3. The van der Waals surface area contributed by atoms with Crippen molar-refractivity contribution in [2.75, 3.05) is 13.1 Å². The number of ether oxygens (including phenoxy) is 1. The van der Waals surface area contributed by atoms with E-state index in [2.05, 4.69) is 11.9 Å². The number of unbranched alkanes of at least 4 members (excludes halogenated alkanes) is 1. The van der Waals surface area contributed by atoms with Crippen LogP contribution in [-0.2, 0) is 16.1 Å². The molecule has 0 saturated carbocycles. The maximum atomic E-state index is 11.3. The lowest BCUT2D eigenvalue weighted by Crippen LogP contribution is -2.25. The van der Waals surface area contributed by atoms with Gasteiger partial charge in [0.25, 0.3) is 0 Å². The SMILES string of the molecule is C=CCCCNCC(=O)OCc1ccccc1. The average molecular weight is 233 g/mol. The lowest BCUT2D eigenvalue weighted by atomic mass is 10.2. The monoisotopic (exact) mass is 233 g/mol. The Labute approximate surface area is 102 Å². The van der Waals surface area contributed by atoms with Crippen LogP contribution in [0.3, 0.4) is 0 Å². The van der Waals surface area contributed by atoms with Crippen LogP contribution < -0.4 is 5.32 Å². The second-order valence-electron chi connectivity index (χ2n) is 3.75. The van der Waals surface area contributed by atoms with E-state index in [4.69, 9.17) is 4.74 Å². The summed E-state index contributed by atoms with van der Waals surface area (Å²) in [6.45, 7) is 5.06. The standard InChI is InChI=1S/C14H19NO2/c1-2-3-7-10-15-11-14(16)17-12-13-8-5-4-6-9-13/h2,4-6,8-9,15H,1,3,7,10-12H2. The first-order valence-electron chi connectivity index (χ1n) is 5.84. The summed E-state index contributed by atoms with van der Waals surface area (Å²) in [5.41, 5.74) is 1.01. The molecule has 0 aliphatic heterocycles. The Kier molecular flexibility index (Phi) is 6.75. The highest BCUT2D eigenvalue weighted by molar-refractivity contribution is 5.71. The maximum absolute atomic E-state index is 11.3. The number of esters is 1. The van der Waals surface area contributed by atoms with Gasteiger partial charge in [0, 0.05) is 0 Å². The van der Waals surface area contributed by atoms with Crippen molar-refractivity contribution in [3.8, 4) is 0 Å². The molecule has 3 nitrogen and oxygen atoms in total. The molecule has 0 heterocycles. The van der Waals surface area contributed by atoms with Gasteiger partial charge in [0.1, 0.15) is 6.61 Å². The molecule has 92 valence electrons. The van der Waals surface area contributed by atoms with E-state index in [1.165, 1.54) is 0 Å². The fourth-order valence-electron chi connectivity index (χ4n) is 1.35. The molecule has 0 aliphatic carbocycles. The number of allylic oxidation sites excluding steroid dienone is 1. The largest absolute Gasteiger partial charge is 0.460 e. The number of benzene rings is 1. The molecular formula is C14H19NO2. The van der Waals surface area contributed by atoms with Crippen molar-refractivity contribution in [1.29, 1.82) is 0 Å². The van der Waals surface area contributed by atoms with Gasteiger partial charge in [-0.1, -0.05) is 36.4 Å². The molecule has 0 aromatic heterocycles. The number of rotatable bonds is 8. The Hall–Kier alpha value is -1.61. The zero-order valence-corrected chi connectivity index (χ0v) is 10.0. The van der Waals surface area contributed by atoms with Crippen molar-refractivity contribution in [1.82, 2.24) is 5.32 Å². The first-order valence-corrected chi connectivity index (χ1v) is 5.84. The Balaban J connectivity index is 2.07. The second-order valence-corrected chi connectivity index (χ2v) is 3.75. The van der Waals surface area contributed by atoms with Crippen LogP contribution in [0, 0.1) is 0 Å². The summed E-state index contributed by atoms with van der Waals surface area (Å²) in [6.07, 6.45) is 3.83. The molecule has 0 aliphatic rings. The van der Waals surface area contributed by atoms with Crippen LogP contribution >= 0.6 is 0 Å². The first-order chi connectivity index (χ1) is 8.33. The highest BCUT2D eigenvalue weighted by Crippen LogP contribution is 2.00. The predicted octanol–water partition coefficient (Wildman–Crippen LogP) is 2.29. The molecule has 0 saturated heterocycles. The van der Waals surface area contributed by atoms with Gasteiger partial charge in [0.15, 0.2) is 0 Å². The van der Waals surface area contributed by atoms with E-state index in [1.54, 1.807) is 0 Å². The molecule has 17 heavy (non-hydrogen) atoms. The molecule has 3 heteroatoms. The van der Waals surface area contributed by atoms with Gasteiger partial charge in [0.2, 0.25) is 0 Å². The van der Waals surface area contributed by atoms with Gasteiger partial charge in [0.05, 0.1) is 6.54 Å². The van der Waals surface area contributed by atoms with Gasteiger partial charge in [-0.05, 0) is 24.9 Å². The Morgan fingerprint density at radius 2 is 2.12 bits per heavy atom. The highest BCUT2D eigenvalue weighted by atomic mass is 16.5. The highest BCUT2D eigenvalue weighted by Gasteiger charge is 2.01. The molecule has 0 unspecified atom stereocenters.